The predicted molar refractivity (Wildman–Crippen MR) is 101 cm³/mol. The fourth-order valence-corrected chi connectivity index (χ4v) is 3.88. The summed E-state index contributed by atoms with van der Waals surface area (Å²) < 4.78 is 11.6. The van der Waals surface area contributed by atoms with Crippen molar-refractivity contribution in [3.05, 3.63) is 65.2 Å². The van der Waals surface area contributed by atoms with E-state index in [4.69, 9.17) is 9.47 Å². The highest BCUT2D eigenvalue weighted by Gasteiger charge is 2.42. The van der Waals surface area contributed by atoms with Gasteiger partial charge in [-0.1, -0.05) is 24.3 Å². The van der Waals surface area contributed by atoms with Crippen LogP contribution in [0.1, 0.15) is 41.3 Å². The first-order valence-electron chi connectivity index (χ1n) is 9.41. The summed E-state index contributed by atoms with van der Waals surface area (Å²) in [6.07, 6.45) is 2.63. The molecule has 3 saturated heterocycles. The number of carbonyl (C=O) groups is 1. The van der Waals surface area contributed by atoms with Gasteiger partial charge in [-0.25, -0.2) is 0 Å². The summed E-state index contributed by atoms with van der Waals surface area (Å²) >= 11 is 0. The van der Waals surface area contributed by atoms with E-state index >= 15 is 0 Å². The molecule has 0 aromatic heterocycles. The summed E-state index contributed by atoms with van der Waals surface area (Å²) in [4.78, 5) is 12.5. The lowest BCUT2D eigenvalue weighted by Crippen LogP contribution is -2.57. The summed E-state index contributed by atoms with van der Waals surface area (Å²) in [5, 5.41) is 3.55. The molecule has 2 bridgehead atoms. The number of rotatable bonds is 6. The molecule has 0 aliphatic carbocycles. The Morgan fingerprint density at radius 3 is 2.54 bits per heavy atom. The van der Waals surface area contributed by atoms with Gasteiger partial charge in [0.25, 0.3) is 0 Å². The number of morpholine rings is 1. The Balaban J connectivity index is 1.43. The molecule has 4 heteroatoms. The predicted octanol–water partition coefficient (Wildman–Crippen LogP) is 3.49. The van der Waals surface area contributed by atoms with Gasteiger partial charge in [0, 0.05) is 24.6 Å². The van der Waals surface area contributed by atoms with Crippen LogP contribution in [0.25, 0.3) is 0 Å². The van der Waals surface area contributed by atoms with E-state index in [1.807, 2.05) is 31.2 Å². The van der Waals surface area contributed by atoms with Gasteiger partial charge in [0.05, 0.1) is 13.2 Å². The minimum absolute atomic E-state index is 0.120. The van der Waals surface area contributed by atoms with Crippen LogP contribution in [0.5, 0.6) is 5.75 Å². The summed E-state index contributed by atoms with van der Waals surface area (Å²) in [6, 6.07) is 16.2. The van der Waals surface area contributed by atoms with E-state index in [2.05, 4.69) is 29.6 Å². The molecule has 3 aliphatic heterocycles. The van der Waals surface area contributed by atoms with Crippen LogP contribution in [-0.4, -0.2) is 31.6 Å². The fourth-order valence-electron chi connectivity index (χ4n) is 3.88. The Morgan fingerprint density at radius 1 is 1.19 bits per heavy atom. The summed E-state index contributed by atoms with van der Waals surface area (Å²) in [7, 11) is 0. The van der Waals surface area contributed by atoms with Crippen molar-refractivity contribution in [2.24, 2.45) is 0 Å². The van der Waals surface area contributed by atoms with Crippen LogP contribution in [0.4, 0.5) is 0 Å². The van der Waals surface area contributed by atoms with Gasteiger partial charge in [0.15, 0.2) is 5.78 Å². The monoisotopic (exact) mass is 351 g/mol. The van der Waals surface area contributed by atoms with Gasteiger partial charge in [-0.3, -0.25) is 4.79 Å². The number of ketones is 1. The zero-order valence-electron chi connectivity index (χ0n) is 15.2. The van der Waals surface area contributed by atoms with E-state index in [0.717, 1.165) is 37.3 Å². The molecule has 0 radical (unpaired) electrons. The van der Waals surface area contributed by atoms with Crippen molar-refractivity contribution in [3.8, 4) is 5.75 Å². The second-order valence-corrected chi connectivity index (χ2v) is 7.18. The average Bonchev–Trinajstić information content (AvgIpc) is 2.71. The molecular weight excluding hydrogens is 326 g/mol. The molecule has 5 rings (SSSR count). The van der Waals surface area contributed by atoms with Crippen molar-refractivity contribution < 1.29 is 14.3 Å². The van der Waals surface area contributed by atoms with Gasteiger partial charge in [0.1, 0.15) is 11.4 Å². The van der Waals surface area contributed by atoms with Crippen LogP contribution in [0, 0.1) is 0 Å². The molecule has 4 nitrogen and oxygen atoms in total. The van der Waals surface area contributed by atoms with E-state index in [1.54, 1.807) is 0 Å². The van der Waals surface area contributed by atoms with Gasteiger partial charge in [-0.05, 0) is 55.2 Å². The second-order valence-electron chi connectivity index (χ2n) is 7.18. The van der Waals surface area contributed by atoms with E-state index in [9.17, 15) is 4.79 Å². The highest BCUT2D eigenvalue weighted by Crippen LogP contribution is 2.38. The molecule has 3 heterocycles. The lowest BCUT2D eigenvalue weighted by Gasteiger charge is -2.47. The third-order valence-electron chi connectivity index (χ3n) is 5.47. The van der Waals surface area contributed by atoms with Crippen LogP contribution in [0.3, 0.4) is 0 Å². The molecule has 2 aromatic rings. The SMILES string of the molecule is CCOc1ccc(C(=O)Cc2ccc(C34CCC(CO3)NC4)cc2)cc1. The molecule has 136 valence electrons. The van der Waals surface area contributed by atoms with Crippen LogP contribution in [0.15, 0.2) is 48.5 Å². The maximum atomic E-state index is 12.5. The van der Waals surface area contributed by atoms with E-state index in [1.165, 1.54) is 5.56 Å². The largest absolute Gasteiger partial charge is 0.494 e. The van der Waals surface area contributed by atoms with Crippen LogP contribution >= 0.6 is 0 Å². The quantitative estimate of drug-likeness (QED) is 0.810. The van der Waals surface area contributed by atoms with Crippen molar-refractivity contribution in [2.45, 2.75) is 37.8 Å². The third-order valence-corrected chi connectivity index (χ3v) is 5.47. The van der Waals surface area contributed by atoms with Crippen molar-refractivity contribution in [3.63, 3.8) is 0 Å². The molecule has 2 atom stereocenters. The Morgan fingerprint density at radius 2 is 1.96 bits per heavy atom. The molecule has 1 N–H and O–H groups in total. The van der Waals surface area contributed by atoms with E-state index in [-0.39, 0.29) is 11.4 Å². The van der Waals surface area contributed by atoms with Crippen LogP contribution < -0.4 is 10.1 Å². The smallest absolute Gasteiger partial charge is 0.167 e. The maximum absolute atomic E-state index is 12.5. The number of hydrogen-bond donors (Lipinski definition) is 1. The van der Waals surface area contributed by atoms with E-state index < -0.39 is 0 Å². The number of nitrogens with one attached hydrogen (secondary N) is 1. The summed E-state index contributed by atoms with van der Waals surface area (Å²) in [6.45, 7) is 4.24. The first-order chi connectivity index (χ1) is 12.7. The molecule has 0 amide bonds. The topological polar surface area (TPSA) is 47.6 Å². The number of benzene rings is 2. The fraction of sp³-hybridized carbons (Fsp3) is 0.409. The van der Waals surface area contributed by atoms with Crippen LogP contribution in [0.2, 0.25) is 0 Å². The normalized spacial score (nSPS) is 24.4. The minimum Gasteiger partial charge on any atom is -0.494 e. The van der Waals surface area contributed by atoms with Gasteiger partial charge < -0.3 is 14.8 Å². The summed E-state index contributed by atoms with van der Waals surface area (Å²) in [5.41, 5.74) is 2.77. The number of Topliss-reactive ketones (excluding diaryl/α,β-unsaturated/α-hetero) is 1. The number of fused-ring (bicyclic) bond motifs is 3. The standard InChI is InChI=1S/C22H25NO3/c1-2-25-20-9-5-17(6-10-20)21(24)13-16-3-7-18(8-4-16)22-12-11-19(14-26-22)23-15-22/h3-10,19,23H,2,11-15H2,1H3. The third kappa shape index (κ3) is 3.39. The Labute approximate surface area is 154 Å². The zero-order valence-corrected chi connectivity index (χ0v) is 15.2. The van der Waals surface area contributed by atoms with Gasteiger partial charge >= 0.3 is 0 Å². The molecule has 0 saturated carbocycles. The highest BCUT2D eigenvalue weighted by atomic mass is 16.5. The summed E-state index contributed by atoms with van der Waals surface area (Å²) in [5.74, 6) is 0.915. The van der Waals surface area contributed by atoms with Crippen molar-refractivity contribution in [2.75, 3.05) is 19.8 Å². The van der Waals surface area contributed by atoms with Crippen molar-refractivity contribution in [1.82, 2.24) is 5.32 Å². The molecule has 26 heavy (non-hydrogen) atoms. The molecule has 0 spiro atoms. The maximum Gasteiger partial charge on any atom is 0.167 e. The van der Waals surface area contributed by atoms with E-state index in [0.29, 0.717) is 24.6 Å². The Kier molecular flexibility index (Phi) is 4.79. The Hall–Kier alpha value is -2.17. The van der Waals surface area contributed by atoms with Gasteiger partial charge in [-0.2, -0.15) is 0 Å². The van der Waals surface area contributed by atoms with Gasteiger partial charge in [-0.15, -0.1) is 0 Å². The number of carbonyl (C=O) groups excluding carboxylic acids is 1. The highest BCUT2D eigenvalue weighted by molar-refractivity contribution is 5.97. The van der Waals surface area contributed by atoms with Crippen molar-refractivity contribution in [1.29, 1.82) is 0 Å². The molecule has 2 aromatic carbocycles. The molecular formula is C22H25NO3. The Bertz CT molecular complexity index is 745. The second kappa shape index (κ2) is 7.22. The molecule has 2 unspecified atom stereocenters. The minimum atomic E-state index is -0.188. The average molecular weight is 351 g/mol. The first kappa shape index (κ1) is 17.3. The van der Waals surface area contributed by atoms with Crippen LogP contribution in [-0.2, 0) is 16.8 Å². The molecule has 3 fully saturated rings. The lowest BCUT2D eigenvalue weighted by molar-refractivity contribution is -0.129. The van der Waals surface area contributed by atoms with Crippen molar-refractivity contribution >= 4 is 5.78 Å². The molecule has 3 aliphatic rings. The van der Waals surface area contributed by atoms with Gasteiger partial charge in [0.2, 0.25) is 0 Å². The number of hydrogen-bond acceptors (Lipinski definition) is 4. The number of ether oxygens (including phenoxy) is 2. The first-order valence-corrected chi connectivity index (χ1v) is 9.41. The number of piperidine rings is 1. The lowest BCUT2D eigenvalue weighted by atomic mass is 9.81. The zero-order chi connectivity index (χ0) is 18.0.